The van der Waals surface area contributed by atoms with Crippen LogP contribution in [0.15, 0.2) is 0 Å². The van der Waals surface area contributed by atoms with Gasteiger partial charge in [-0.3, -0.25) is 4.90 Å². The van der Waals surface area contributed by atoms with Crippen molar-refractivity contribution in [3.05, 3.63) is 0 Å². The number of nitrogens with two attached hydrogens (primary N) is 1. The van der Waals surface area contributed by atoms with Crippen LogP contribution in [0, 0.1) is 0 Å². The van der Waals surface area contributed by atoms with Gasteiger partial charge in [-0.25, -0.2) is 0 Å². The topological polar surface area (TPSA) is 47.7 Å². The third-order valence-corrected chi connectivity index (χ3v) is 2.87. The fourth-order valence-corrected chi connectivity index (χ4v) is 1.69. The molecule has 5 heteroatoms. The Morgan fingerprint density at radius 2 is 2.06 bits per heavy atom. The summed E-state index contributed by atoms with van der Waals surface area (Å²) in [7, 11) is 1.68. The van der Waals surface area contributed by atoms with Gasteiger partial charge in [0.05, 0.1) is 24.8 Å². The summed E-state index contributed by atoms with van der Waals surface area (Å²) in [5, 5.41) is 0. The van der Waals surface area contributed by atoms with Gasteiger partial charge in [-0.2, -0.15) is 0 Å². The highest BCUT2D eigenvalue weighted by Gasteiger charge is 2.28. The first-order valence-electron chi connectivity index (χ1n) is 5.83. The predicted octanol–water partition coefficient (Wildman–Crippen LogP) is 0.790. The SMILES string of the molecule is COCCOCCN(CCC(N)=S)C1CC1. The second kappa shape index (κ2) is 7.95. The molecule has 0 aliphatic heterocycles. The fraction of sp³-hybridized carbons (Fsp3) is 0.909. The van der Waals surface area contributed by atoms with Gasteiger partial charge >= 0.3 is 0 Å². The van der Waals surface area contributed by atoms with Crippen molar-refractivity contribution in [3.63, 3.8) is 0 Å². The minimum atomic E-state index is 0.603. The van der Waals surface area contributed by atoms with Crippen molar-refractivity contribution in [1.82, 2.24) is 4.90 Å². The maximum absolute atomic E-state index is 5.51. The summed E-state index contributed by atoms with van der Waals surface area (Å²) in [5.74, 6) is 0. The smallest absolute Gasteiger partial charge is 0.0740 e. The highest BCUT2D eigenvalue weighted by atomic mass is 32.1. The van der Waals surface area contributed by atoms with Gasteiger partial charge in [0.1, 0.15) is 0 Å². The molecule has 0 saturated heterocycles. The van der Waals surface area contributed by atoms with Gasteiger partial charge < -0.3 is 15.2 Å². The first-order valence-corrected chi connectivity index (χ1v) is 6.24. The number of hydrogen-bond acceptors (Lipinski definition) is 4. The van der Waals surface area contributed by atoms with Crippen LogP contribution in [0.1, 0.15) is 19.3 Å². The van der Waals surface area contributed by atoms with Gasteiger partial charge in [-0.15, -0.1) is 0 Å². The molecule has 0 aromatic rings. The second-order valence-electron chi connectivity index (χ2n) is 4.09. The molecule has 0 aromatic heterocycles. The lowest BCUT2D eigenvalue weighted by Crippen LogP contribution is -2.33. The lowest BCUT2D eigenvalue weighted by molar-refractivity contribution is 0.0563. The molecule has 94 valence electrons. The molecule has 1 saturated carbocycles. The van der Waals surface area contributed by atoms with Crippen molar-refractivity contribution in [2.24, 2.45) is 5.73 Å². The molecule has 0 spiro atoms. The van der Waals surface area contributed by atoms with E-state index >= 15 is 0 Å². The number of thiocarbonyl (C=S) groups is 1. The Morgan fingerprint density at radius 3 is 2.62 bits per heavy atom. The predicted molar refractivity (Wildman–Crippen MR) is 68.7 cm³/mol. The zero-order chi connectivity index (χ0) is 11.8. The van der Waals surface area contributed by atoms with Crippen molar-refractivity contribution in [2.45, 2.75) is 25.3 Å². The Kier molecular flexibility index (Phi) is 6.87. The molecule has 0 aromatic carbocycles. The van der Waals surface area contributed by atoms with Gasteiger partial charge in [0, 0.05) is 32.7 Å². The van der Waals surface area contributed by atoms with Crippen molar-refractivity contribution in [1.29, 1.82) is 0 Å². The maximum atomic E-state index is 5.51. The van der Waals surface area contributed by atoms with Gasteiger partial charge in [0.15, 0.2) is 0 Å². The number of methoxy groups -OCH3 is 1. The molecule has 0 amide bonds. The average Bonchev–Trinajstić information content (AvgIpc) is 3.05. The van der Waals surface area contributed by atoms with Crippen molar-refractivity contribution < 1.29 is 9.47 Å². The molecule has 0 radical (unpaired) electrons. The second-order valence-corrected chi connectivity index (χ2v) is 4.61. The summed E-state index contributed by atoms with van der Waals surface area (Å²) in [5.41, 5.74) is 5.51. The van der Waals surface area contributed by atoms with Crippen LogP contribution in [0.3, 0.4) is 0 Å². The maximum Gasteiger partial charge on any atom is 0.0740 e. The zero-order valence-electron chi connectivity index (χ0n) is 9.98. The molecule has 1 fully saturated rings. The molecule has 1 rings (SSSR count). The summed E-state index contributed by atoms with van der Waals surface area (Å²) in [6, 6.07) is 0.736. The van der Waals surface area contributed by atoms with E-state index in [0.717, 1.165) is 32.2 Å². The minimum Gasteiger partial charge on any atom is -0.393 e. The van der Waals surface area contributed by atoms with Gasteiger partial charge in [-0.05, 0) is 12.8 Å². The largest absolute Gasteiger partial charge is 0.393 e. The Bertz CT molecular complexity index is 210. The molecule has 0 heterocycles. The molecule has 1 aliphatic carbocycles. The van der Waals surface area contributed by atoms with E-state index in [1.165, 1.54) is 12.8 Å². The van der Waals surface area contributed by atoms with E-state index in [1.54, 1.807) is 7.11 Å². The third-order valence-electron chi connectivity index (χ3n) is 2.66. The highest BCUT2D eigenvalue weighted by molar-refractivity contribution is 7.80. The molecule has 1 aliphatic rings. The third kappa shape index (κ3) is 6.37. The van der Waals surface area contributed by atoms with E-state index in [2.05, 4.69) is 4.90 Å². The summed E-state index contributed by atoms with van der Waals surface area (Å²) < 4.78 is 10.4. The number of ether oxygens (including phenoxy) is 2. The lowest BCUT2D eigenvalue weighted by Gasteiger charge is -2.21. The monoisotopic (exact) mass is 246 g/mol. The summed E-state index contributed by atoms with van der Waals surface area (Å²) in [4.78, 5) is 3.03. The Labute approximate surface area is 103 Å². The van der Waals surface area contributed by atoms with E-state index in [0.29, 0.717) is 18.2 Å². The first-order chi connectivity index (χ1) is 7.74. The average molecular weight is 246 g/mol. The Hall–Kier alpha value is -0.230. The molecule has 0 bridgehead atoms. The van der Waals surface area contributed by atoms with E-state index in [9.17, 15) is 0 Å². The van der Waals surface area contributed by atoms with Gasteiger partial charge in [-0.1, -0.05) is 12.2 Å². The standard InChI is InChI=1S/C11H22N2O2S/c1-14-8-9-15-7-6-13(10-2-3-10)5-4-11(12)16/h10H,2-9H2,1H3,(H2,12,16). The van der Waals surface area contributed by atoms with Gasteiger partial charge in [0.25, 0.3) is 0 Å². The van der Waals surface area contributed by atoms with Crippen molar-refractivity contribution in [2.75, 3.05) is 40.0 Å². The first kappa shape index (κ1) is 13.8. The molecule has 16 heavy (non-hydrogen) atoms. The Morgan fingerprint density at radius 1 is 1.31 bits per heavy atom. The molecule has 0 atom stereocenters. The van der Waals surface area contributed by atoms with E-state index in [-0.39, 0.29) is 0 Å². The molecule has 4 nitrogen and oxygen atoms in total. The fourth-order valence-electron chi connectivity index (χ4n) is 1.60. The number of rotatable bonds is 10. The van der Waals surface area contributed by atoms with Crippen LogP contribution in [0.4, 0.5) is 0 Å². The molecule has 2 N–H and O–H groups in total. The lowest BCUT2D eigenvalue weighted by atomic mass is 10.3. The molecular weight excluding hydrogens is 224 g/mol. The van der Waals surface area contributed by atoms with Crippen LogP contribution in [0.25, 0.3) is 0 Å². The Balaban J connectivity index is 2.06. The van der Waals surface area contributed by atoms with E-state index in [4.69, 9.17) is 27.4 Å². The van der Waals surface area contributed by atoms with E-state index in [1.807, 2.05) is 0 Å². The van der Waals surface area contributed by atoms with Crippen LogP contribution in [0.5, 0.6) is 0 Å². The number of nitrogens with zero attached hydrogens (tertiary/aromatic N) is 1. The van der Waals surface area contributed by atoms with Crippen LogP contribution in [-0.4, -0.2) is 56.0 Å². The van der Waals surface area contributed by atoms with Crippen molar-refractivity contribution >= 4 is 17.2 Å². The molecular formula is C11H22N2O2S. The highest BCUT2D eigenvalue weighted by Crippen LogP contribution is 2.26. The van der Waals surface area contributed by atoms with E-state index < -0.39 is 0 Å². The van der Waals surface area contributed by atoms with Crippen LogP contribution in [-0.2, 0) is 9.47 Å². The molecule has 0 unspecified atom stereocenters. The van der Waals surface area contributed by atoms with Crippen LogP contribution < -0.4 is 5.73 Å². The van der Waals surface area contributed by atoms with Gasteiger partial charge in [0.2, 0.25) is 0 Å². The number of hydrogen-bond donors (Lipinski definition) is 1. The van der Waals surface area contributed by atoms with Crippen molar-refractivity contribution in [3.8, 4) is 0 Å². The van der Waals surface area contributed by atoms with Crippen LogP contribution in [0.2, 0.25) is 0 Å². The normalized spacial score (nSPS) is 15.6. The zero-order valence-corrected chi connectivity index (χ0v) is 10.8. The minimum absolute atomic E-state index is 0.603. The van der Waals surface area contributed by atoms with Crippen LogP contribution >= 0.6 is 12.2 Å². The summed E-state index contributed by atoms with van der Waals surface area (Å²) in [6.45, 7) is 4.03. The summed E-state index contributed by atoms with van der Waals surface area (Å²) >= 11 is 4.89. The quantitative estimate of drug-likeness (QED) is 0.456. The summed E-state index contributed by atoms with van der Waals surface area (Å²) in [6.07, 6.45) is 3.41.